The molecule has 2 atom stereocenters. The fraction of sp³-hybridized carbons (Fsp3) is 0.667. The van der Waals surface area contributed by atoms with Crippen molar-refractivity contribution >= 4 is 5.97 Å². The molecular formula is C21H32O3. The van der Waals surface area contributed by atoms with Crippen LogP contribution in [0.2, 0.25) is 0 Å². The minimum absolute atomic E-state index is 0.0954. The maximum Gasteiger partial charge on any atom is 0.315 e. The van der Waals surface area contributed by atoms with Crippen LogP contribution < -0.4 is 0 Å². The molecule has 0 aromatic heterocycles. The molecule has 0 aliphatic carbocycles. The maximum atomic E-state index is 11.2. The van der Waals surface area contributed by atoms with Crippen LogP contribution in [0, 0.1) is 5.92 Å². The topological polar surface area (TPSA) is 46.5 Å². The second-order valence-electron chi connectivity index (χ2n) is 6.99. The number of carbonyl (C=O) groups is 1. The zero-order valence-corrected chi connectivity index (χ0v) is 15.0. The molecule has 1 fully saturated rings. The van der Waals surface area contributed by atoms with Gasteiger partial charge in [0.1, 0.15) is 12.0 Å². The lowest BCUT2D eigenvalue weighted by Crippen LogP contribution is -2.47. The molecule has 2 rings (SSSR count). The number of aliphatic hydroxyl groups is 1. The van der Waals surface area contributed by atoms with Crippen LogP contribution in [0.4, 0.5) is 0 Å². The number of aryl methyl sites for hydroxylation is 2. The van der Waals surface area contributed by atoms with Crippen molar-refractivity contribution in [2.75, 3.05) is 6.61 Å². The zero-order valence-electron chi connectivity index (χ0n) is 15.0. The van der Waals surface area contributed by atoms with Gasteiger partial charge in [-0.15, -0.1) is 0 Å². The molecule has 0 radical (unpaired) electrons. The average Bonchev–Trinajstić information content (AvgIpc) is 2.58. The first-order valence-electron chi connectivity index (χ1n) is 9.63. The average molecular weight is 332 g/mol. The predicted molar refractivity (Wildman–Crippen MR) is 96.9 cm³/mol. The number of benzene rings is 1. The van der Waals surface area contributed by atoms with Gasteiger partial charge in [0, 0.05) is 0 Å². The fourth-order valence-electron chi connectivity index (χ4n) is 3.39. The van der Waals surface area contributed by atoms with Crippen LogP contribution in [0.15, 0.2) is 24.3 Å². The molecule has 1 aromatic rings. The van der Waals surface area contributed by atoms with Gasteiger partial charge in [-0.05, 0) is 36.8 Å². The Morgan fingerprint density at radius 1 is 1.00 bits per heavy atom. The predicted octanol–water partition coefficient (Wildman–Crippen LogP) is 4.45. The summed E-state index contributed by atoms with van der Waals surface area (Å²) in [5, 5.41) is 9.16. The first-order chi connectivity index (χ1) is 11.7. The first kappa shape index (κ1) is 19.0. The smallest absolute Gasteiger partial charge is 0.315 e. The van der Waals surface area contributed by atoms with Gasteiger partial charge in [0.15, 0.2) is 0 Å². The molecule has 0 spiro atoms. The Hall–Kier alpha value is -1.35. The van der Waals surface area contributed by atoms with E-state index in [4.69, 9.17) is 9.84 Å². The largest absolute Gasteiger partial charge is 0.461 e. The minimum Gasteiger partial charge on any atom is -0.461 e. The van der Waals surface area contributed by atoms with Gasteiger partial charge < -0.3 is 9.84 Å². The van der Waals surface area contributed by atoms with Crippen LogP contribution >= 0.6 is 0 Å². The van der Waals surface area contributed by atoms with Crippen molar-refractivity contribution in [2.24, 2.45) is 5.92 Å². The van der Waals surface area contributed by atoms with Crippen molar-refractivity contribution in [3.05, 3.63) is 35.4 Å². The number of carbonyl (C=O) groups excluding carboxylic acids is 1. The lowest BCUT2D eigenvalue weighted by atomic mass is 9.92. The summed E-state index contributed by atoms with van der Waals surface area (Å²) < 4.78 is 5.12. The number of aliphatic hydroxyl groups excluding tert-OH is 1. The van der Waals surface area contributed by atoms with Gasteiger partial charge in [0.05, 0.1) is 6.61 Å². The first-order valence-corrected chi connectivity index (χ1v) is 9.63. The summed E-state index contributed by atoms with van der Waals surface area (Å²) in [6.07, 6.45) is 12.1. The molecule has 1 aromatic carbocycles. The van der Waals surface area contributed by atoms with Crippen LogP contribution in [-0.4, -0.2) is 23.8 Å². The van der Waals surface area contributed by atoms with Crippen molar-refractivity contribution < 1.29 is 14.6 Å². The van der Waals surface area contributed by atoms with Gasteiger partial charge in [0.25, 0.3) is 0 Å². The number of ether oxygens (including phenoxy) is 1. The Morgan fingerprint density at radius 2 is 1.67 bits per heavy atom. The van der Waals surface area contributed by atoms with Crippen LogP contribution in [0.25, 0.3) is 0 Å². The molecule has 0 unspecified atom stereocenters. The number of hydrogen-bond acceptors (Lipinski definition) is 3. The van der Waals surface area contributed by atoms with E-state index < -0.39 is 0 Å². The van der Waals surface area contributed by atoms with Crippen LogP contribution in [-0.2, 0) is 22.4 Å². The van der Waals surface area contributed by atoms with Crippen molar-refractivity contribution in [3.63, 3.8) is 0 Å². The van der Waals surface area contributed by atoms with Gasteiger partial charge in [-0.1, -0.05) is 69.7 Å². The Morgan fingerprint density at radius 3 is 2.33 bits per heavy atom. The Kier molecular flexibility index (Phi) is 8.31. The van der Waals surface area contributed by atoms with E-state index >= 15 is 0 Å². The summed E-state index contributed by atoms with van der Waals surface area (Å²) in [4.78, 5) is 11.2. The Balaban J connectivity index is 1.65. The second-order valence-corrected chi connectivity index (χ2v) is 6.99. The molecule has 134 valence electrons. The summed E-state index contributed by atoms with van der Waals surface area (Å²) in [5.74, 6) is -0.559. The second kappa shape index (κ2) is 10.5. The molecule has 0 saturated carbocycles. The number of cyclic esters (lactones) is 1. The number of unbranched alkanes of at least 4 members (excludes halogenated alkanes) is 6. The molecule has 1 aliphatic heterocycles. The third-order valence-corrected chi connectivity index (χ3v) is 4.99. The Bertz CT molecular complexity index is 498. The molecule has 0 amide bonds. The number of hydrogen-bond donors (Lipinski definition) is 1. The van der Waals surface area contributed by atoms with E-state index in [-0.39, 0.29) is 24.6 Å². The fourth-order valence-corrected chi connectivity index (χ4v) is 3.39. The van der Waals surface area contributed by atoms with Crippen molar-refractivity contribution in [1.82, 2.24) is 0 Å². The SMILES string of the molecule is CCCCCCCCCc1cccc(CC[C@@H]2OC(=O)[C@H]2CO)c1. The third kappa shape index (κ3) is 5.94. The van der Waals surface area contributed by atoms with E-state index in [1.807, 2.05) is 0 Å². The third-order valence-electron chi connectivity index (χ3n) is 4.99. The van der Waals surface area contributed by atoms with Crippen LogP contribution in [0.5, 0.6) is 0 Å². The highest BCUT2D eigenvalue weighted by molar-refractivity contribution is 5.78. The normalized spacial score (nSPS) is 19.8. The van der Waals surface area contributed by atoms with Crippen molar-refractivity contribution in [2.45, 2.75) is 77.2 Å². The summed E-state index contributed by atoms with van der Waals surface area (Å²) in [7, 11) is 0. The lowest BCUT2D eigenvalue weighted by molar-refractivity contribution is -0.188. The summed E-state index contributed by atoms with van der Waals surface area (Å²) in [6, 6.07) is 8.76. The quantitative estimate of drug-likeness (QED) is 0.454. The number of rotatable bonds is 12. The van der Waals surface area contributed by atoms with Gasteiger partial charge in [-0.25, -0.2) is 0 Å². The molecule has 3 heteroatoms. The zero-order chi connectivity index (χ0) is 17.2. The van der Waals surface area contributed by atoms with Gasteiger partial charge in [0.2, 0.25) is 0 Å². The van der Waals surface area contributed by atoms with Crippen LogP contribution in [0.3, 0.4) is 0 Å². The molecule has 1 aliphatic rings. The minimum atomic E-state index is -0.305. The molecule has 0 bridgehead atoms. The Labute approximate surface area is 146 Å². The molecule has 1 N–H and O–H groups in total. The molecule has 24 heavy (non-hydrogen) atoms. The monoisotopic (exact) mass is 332 g/mol. The standard InChI is InChI=1S/C21H32O3/c1-2-3-4-5-6-7-8-10-17-11-9-12-18(15-17)13-14-20-19(16-22)21(23)24-20/h9,11-12,15,19-20,22H,2-8,10,13-14,16H2,1H3/t19-,20-/m0/s1. The van der Waals surface area contributed by atoms with E-state index in [0.29, 0.717) is 0 Å². The van der Waals surface area contributed by atoms with Gasteiger partial charge in [-0.2, -0.15) is 0 Å². The van der Waals surface area contributed by atoms with Crippen molar-refractivity contribution in [3.8, 4) is 0 Å². The highest BCUT2D eigenvalue weighted by Crippen LogP contribution is 2.26. The molecule has 1 saturated heterocycles. The summed E-state index contributed by atoms with van der Waals surface area (Å²) in [6.45, 7) is 2.16. The van der Waals surface area contributed by atoms with Crippen molar-refractivity contribution in [1.29, 1.82) is 0 Å². The van der Waals surface area contributed by atoms with E-state index in [9.17, 15) is 4.79 Å². The van der Waals surface area contributed by atoms with E-state index in [1.54, 1.807) is 0 Å². The van der Waals surface area contributed by atoms with Gasteiger partial charge in [-0.3, -0.25) is 4.79 Å². The molecular weight excluding hydrogens is 300 g/mol. The summed E-state index contributed by atoms with van der Waals surface area (Å²) >= 11 is 0. The highest BCUT2D eigenvalue weighted by atomic mass is 16.6. The van der Waals surface area contributed by atoms with E-state index in [0.717, 1.165) is 19.3 Å². The van der Waals surface area contributed by atoms with Crippen LogP contribution in [0.1, 0.15) is 69.4 Å². The van der Waals surface area contributed by atoms with E-state index in [2.05, 4.69) is 31.2 Å². The highest BCUT2D eigenvalue weighted by Gasteiger charge is 2.41. The van der Waals surface area contributed by atoms with E-state index in [1.165, 1.54) is 56.1 Å². The molecule has 3 nitrogen and oxygen atoms in total. The summed E-state index contributed by atoms with van der Waals surface area (Å²) in [5.41, 5.74) is 2.71. The maximum absolute atomic E-state index is 11.2. The molecule has 1 heterocycles. The lowest BCUT2D eigenvalue weighted by Gasteiger charge is -2.33. The van der Waals surface area contributed by atoms with Gasteiger partial charge >= 0.3 is 5.97 Å². The number of esters is 1.